The molecule has 0 saturated carbocycles. The number of ether oxygens (including phenoxy) is 1. The van der Waals surface area contributed by atoms with E-state index in [9.17, 15) is 9.59 Å². The smallest absolute Gasteiger partial charge is 0.255 e. The minimum Gasteiger partial charge on any atom is -0.378 e. The summed E-state index contributed by atoms with van der Waals surface area (Å²) in [6.45, 7) is 9.09. The monoisotopic (exact) mass is 499 g/mol. The molecule has 37 heavy (non-hydrogen) atoms. The number of carbonyl (C=O) groups excluding carboxylic acids is 2. The predicted molar refractivity (Wildman–Crippen MR) is 146 cm³/mol. The van der Waals surface area contributed by atoms with Crippen LogP contribution in [0, 0.1) is 11.8 Å². The second kappa shape index (κ2) is 10.6. The Labute approximate surface area is 217 Å². The van der Waals surface area contributed by atoms with Crippen molar-refractivity contribution in [2.45, 2.75) is 27.2 Å². The third kappa shape index (κ3) is 5.44. The third-order valence-corrected chi connectivity index (χ3v) is 6.87. The lowest BCUT2D eigenvalue weighted by Crippen LogP contribution is -2.36. The van der Waals surface area contributed by atoms with Crippen LogP contribution >= 0.6 is 0 Å². The first kappa shape index (κ1) is 24.8. The Kier molecular flexibility index (Phi) is 7.10. The zero-order valence-corrected chi connectivity index (χ0v) is 21.5. The molecule has 1 saturated heterocycles. The van der Waals surface area contributed by atoms with Gasteiger partial charge in [-0.15, -0.1) is 0 Å². The van der Waals surface area contributed by atoms with Gasteiger partial charge >= 0.3 is 0 Å². The fourth-order valence-electron chi connectivity index (χ4n) is 4.69. The van der Waals surface area contributed by atoms with Crippen molar-refractivity contribution in [3.8, 4) is 0 Å². The number of nitrogens with zero attached hydrogens (tertiary/aromatic N) is 3. The number of morpholine rings is 1. The lowest BCUT2D eigenvalue weighted by atomic mass is 9.96. The number of aromatic nitrogens is 2. The molecule has 1 fully saturated rings. The molecule has 0 radical (unpaired) electrons. The van der Waals surface area contributed by atoms with E-state index in [4.69, 9.17) is 4.74 Å². The highest BCUT2D eigenvalue weighted by Gasteiger charge is 2.21. The number of nitrogens with one attached hydrogen (secondary N) is 2. The Morgan fingerprint density at radius 1 is 1.03 bits per heavy atom. The number of benzene rings is 2. The average Bonchev–Trinajstić information content (AvgIpc) is 3.32. The topological polar surface area (TPSA) is 88.5 Å². The summed E-state index contributed by atoms with van der Waals surface area (Å²) in [5, 5.41) is 11.6. The van der Waals surface area contributed by atoms with E-state index >= 15 is 0 Å². The number of amides is 2. The lowest BCUT2D eigenvalue weighted by molar-refractivity contribution is -0.123. The molecule has 1 unspecified atom stereocenters. The van der Waals surface area contributed by atoms with E-state index in [-0.39, 0.29) is 23.7 Å². The largest absolute Gasteiger partial charge is 0.378 e. The van der Waals surface area contributed by atoms with Gasteiger partial charge in [0.15, 0.2) is 0 Å². The normalized spacial score (nSPS) is 17.9. The Morgan fingerprint density at radius 2 is 1.78 bits per heavy atom. The first-order chi connectivity index (χ1) is 17.9. The molecule has 2 amide bonds. The van der Waals surface area contributed by atoms with Crippen LogP contribution in [0.5, 0.6) is 0 Å². The molecule has 2 heterocycles. The van der Waals surface area contributed by atoms with Crippen LogP contribution in [0.3, 0.4) is 0 Å². The molecular formula is C29H33N5O3. The van der Waals surface area contributed by atoms with Gasteiger partial charge in [-0.3, -0.25) is 9.59 Å². The number of allylic oxidation sites excluding steroid dienone is 4. The molecule has 2 N–H and O–H groups in total. The standard InChI is InChI=1S/C29H33N5O3/c1-19(2)28(35)31-23-6-10-26(20(3)16-23)34-27-11-7-24(17-22(27)18-30-34)32-29(36)21-4-8-25(9-5-21)33-12-14-37-15-13-33/h4-11,17-20H,12-16H2,1-3H3,(H,31,35)(H,32,36). The second-order valence-electron chi connectivity index (χ2n) is 9.96. The predicted octanol–water partition coefficient (Wildman–Crippen LogP) is 4.66. The van der Waals surface area contributed by atoms with Crippen LogP contribution in [0.1, 0.15) is 37.6 Å². The van der Waals surface area contributed by atoms with Crippen LogP contribution in [0.25, 0.3) is 16.6 Å². The molecular weight excluding hydrogens is 466 g/mol. The van der Waals surface area contributed by atoms with Crippen molar-refractivity contribution in [3.05, 3.63) is 72.1 Å². The van der Waals surface area contributed by atoms with Crippen LogP contribution in [0.4, 0.5) is 11.4 Å². The molecule has 192 valence electrons. The first-order valence-electron chi connectivity index (χ1n) is 12.8. The van der Waals surface area contributed by atoms with Crippen LogP contribution in [-0.2, 0) is 9.53 Å². The number of fused-ring (bicyclic) bond motifs is 1. The highest BCUT2D eigenvalue weighted by Crippen LogP contribution is 2.31. The summed E-state index contributed by atoms with van der Waals surface area (Å²) in [5.41, 5.74) is 5.39. The van der Waals surface area contributed by atoms with E-state index in [1.54, 1.807) is 0 Å². The van der Waals surface area contributed by atoms with Gasteiger partial charge in [0.05, 0.1) is 24.9 Å². The quantitative estimate of drug-likeness (QED) is 0.515. The van der Waals surface area contributed by atoms with Crippen molar-refractivity contribution in [1.82, 2.24) is 15.1 Å². The van der Waals surface area contributed by atoms with Gasteiger partial charge in [0.1, 0.15) is 0 Å². The molecule has 1 aliphatic heterocycles. The first-order valence-corrected chi connectivity index (χ1v) is 12.8. The van der Waals surface area contributed by atoms with Crippen LogP contribution in [-0.4, -0.2) is 47.9 Å². The fourth-order valence-corrected chi connectivity index (χ4v) is 4.69. The van der Waals surface area contributed by atoms with E-state index in [1.807, 2.05) is 79.3 Å². The van der Waals surface area contributed by atoms with Gasteiger partial charge in [0, 0.05) is 58.6 Å². The summed E-state index contributed by atoms with van der Waals surface area (Å²) in [6, 6.07) is 13.5. The minimum absolute atomic E-state index is 0.0301. The molecule has 0 bridgehead atoms. The van der Waals surface area contributed by atoms with E-state index in [2.05, 4.69) is 27.6 Å². The Bertz CT molecular complexity index is 1360. The van der Waals surface area contributed by atoms with E-state index < -0.39 is 0 Å². The number of hydrogen-bond donors (Lipinski definition) is 2. The molecule has 1 atom stereocenters. The molecule has 3 aromatic rings. The molecule has 1 aromatic heterocycles. The summed E-state index contributed by atoms with van der Waals surface area (Å²) in [6.07, 6.45) is 6.54. The molecule has 1 aliphatic carbocycles. The third-order valence-electron chi connectivity index (χ3n) is 6.87. The molecule has 5 rings (SSSR count). The van der Waals surface area contributed by atoms with E-state index in [0.717, 1.165) is 66.4 Å². The summed E-state index contributed by atoms with van der Waals surface area (Å²) in [4.78, 5) is 27.2. The maximum absolute atomic E-state index is 12.9. The maximum Gasteiger partial charge on any atom is 0.255 e. The van der Waals surface area contributed by atoms with E-state index in [1.165, 1.54) is 0 Å². The van der Waals surface area contributed by atoms with Gasteiger partial charge in [-0.25, -0.2) is 4.68 Å². The number of hydrogen-bond acceptors (Lipinski definition) is 5. The molecule has 0 spiro atoms. The van der Waals surface area contributed by atoms with Crippen LogP contribution in [0.2, 0.25) is 0 Å². The van der Waals surface area contributed by atoms with Crippen molar-refractivity contribution in [3.63, 3.8) is 0 Å². The highest BCUT2D eigenvalue weighted by molar-refractivity contribution is 6.05. The second-order valence-corrected chi connectivity index (χ2v) is 9.96. The summed E-state index contributed by atoms with van der Waals surface area (Å²) in [5.74, 6) is 0.0172. The Morgan fingerprint density at radius 3 is 2.49 bits per heavy atom. The molecule has 8 heteroatoms. The summed E-state index contributed by atoms with van der Waals surface area (Å²) < 4.78 is 7.35. The van der Waals surface area contributed by atoms with E-state index in [0.29, 0.717) is 5.56 Å². The van der Waals surface area contributed by atoms with Crippen molar-refractivity contribution >= 4 is 39.8 Å². The van der Waals surface area contributed by atoms with Crippen LogP contribution < -0.4 is 15.5 Å². The number of carbonyl (C=O) groups is 2. The van der Waals surface area contributed by atoms with Gasteiger partial charge in [0.25, 0.3) is 5.91 Å². The van der Waals surface area contributed by atoms with Gasteiger partial charge in [-0.2, -0.15) is 5.10 Å². The maximum atomic E-state index is 12.9. The zero-order valence-electron chi connectivity index (χ0n) is 21.5. The summed E-state index contributed by atoms with van der Waals surface area (Å²) >= 11 is 0. The number of rotatable bonds is 6. The zero-order chi connectivity index (χ0) is 25.9. The molecule has 2 aliphatic rings. The Hall–Kier alpha value is -3.91. The van der Waals surface area contributed by atoms with Gasteiger partial charge in [-0.05, 0) is 61.0 Å². The molecule has 2 aromatic carbocycles. The highest BCUT2D eigenvalue weighted by atomic mass is 16.5. The Balaban J connectivity index is 1.29. The average molecular weight is 500 g/mol. The SMILES string of the molecule is CC(C)C(=O)NC1=CC=C(n2ncc3cc(NC(=O)c4ccc(N5CCOCC5)cc4)ccc32)C(C)C1. The lowest BCUT2D eigenvalue weighted by Gasteiger charge is -2.28. The molecule has 8 nitrogen and oxygen atoms in total. The van der Waals surface area contributed by atoms with Crippen molar-refractivity contribution < 1.29 is 14.3 Å². The van der Waals surface area contributed by atoms with Crippen molar-refractivity contribution in [2.24, 2.45) is 11.8 Å². The van der Waals surface area contributed by atoms with Gasteiger partial charge < -0.3 is 20.3 Å². The fraction of sp³-hybridized carbons (Fsp3) is 0.345. The van der Waals surface area contributed by atoms with Crippen molar-refractivity contribution in [2.75, 3.05) is 36.5 Å². The minimum atomic E-state index is -0.148. The van der Waals surface area contributed by atoms with Gasteiger partial charge in [0.2, 0.25) is 5.91 Å². The van der Waals surface area contributed by atoms with Gasteiger partial charge in [-0.1, -0.05) is 20.8 Å². The summed E-state index contributed by atoms with van der Waals surface area (Å²) in [7, 11) is 0. The van der Waals surface area contributed by atoms with Crippen LogP contribution in [0.15, 0.2) is 66.5 Å². The number of anilines is 2. The van der Waals surface area contributed by atoms with Crippen molar-refractivity contribution in [1.29, 1.82) is 0 Å².